The van der Waals surface area contributed by atoms with E-state index in [1.807, 2.05) is 0 Å². The summed E-state index contributed by atoms with van der Waals surface area (Å²) in [7, 11) is -2.92. The molecule has 1 aliphatic heterocycles. The maximum atomic E-state index is 13.0. The van der Waals surface area contributed by atoms with Crippen LogP contribution < -0.4 is 16.0 Å². The number of fused-ring (bicyclic) bond motifs is 3. The molecule has 0 saturated carbocycles. The van der Waals surface area contributed by atoms with Crippen molar-refractivity contribution < 1.29 is 27.1 Å². The van der Waals surface area contributed by atoms with Crippen LogP contribution in [0.15, 0.2) is 71.8 Å². The largest absolute Gasteiger partial charge is 0.416 e. The van der Waals surface area contributed by atoms with E-state index in [2.05, 4.69) is 27.0 Å². The third kappa shape index (κ3) is 4.95. The SMILES string of the molecule is N#Cc1cnc2ccc3c(c2c1Nc1cccc(NC(=O)Nc2cccc(C(F)(F)F)c2)c1)CCS3(O)O. The first kappa shape index (κ1) is 25.3. The Labute approximate surface area is 216 Å². The van der Waals surface area contributed by atoms with Crippen LogP contribution in [0.4, 0.5) is 40.7 Å². The number of aryl methyl sites for hydroxylation is 1. The van der Waals surface area contributed by atoms with Gasteiger partial charge in [0.05, 0.1) is 27.2 Å². The van der Waals surface area contributed by atoms with Gasteiger partial charge in [0, 0.05) is 34.4 Å². The molecule has 2 amide bonds. The molecular weight excluding hydrogens is 519 g/mol. The molecule has 2 heterocycles. The van der Waals surface area contributed by atoms with Crippen LogP contribution >= 0.6 is 10.6 Å². The van der Waals surface area contributed by atoms with Gasteiger partial charge in [-0.1, -0.05) is 12.1 Å². The van der Waals surface area contributed by atoms with E-state index in [0.29, 0.717) is 44.8 Å². The van der Waals surface area contributed by atoms with Gasteiger partial charge in [0.1, 0.15) is 6.07 Å². The summed E-state index contributed by atoms with van der Waals surface area (Å²) >= 11 is 0. The van der Waals surface area contributed by atoms with E-state index in [0.717, 1.165) is 12.1 Å². The van der Waals surface area contributed by atoms with E-state index in [1.165, 1.54) is 18.3 Å². The molecule has 38 heavy (non-hydrogen) atoms. The average Bonchev–Trinajstić information content (AvgIpc) is 3.18. The minimum atomic E-state index is -4.54. The third-order valence-electron chi connectivity index (χ3n) is 6.05. The number of rotatable bonds is 4. The number of hydrogen-bond donors (Lipinski definition) is 5. The van der Waals surface area contributed by atoms with Crippen molar-refractivity contribution in [3.05, 3.63) is 83.6 Å². The molecule has 194 valence electrons. The number of nitrogens with one attached hydrogen (secondary N) is 3. The van der Waals surface area contributed by atoms with E-state index >= 15 is 0 Å². The molecule has 8 nitrogen and oxygen atoms in total. The zero-order valence-electron chi connectivity index (χ0n) is 19.5. The van der Waals surface area contributed by atoms with Crippen LogP contribution in [0, 0.1) is 11.3 Å². The number of carbonyl (C=O) groups is 1. The average molecular weight is 540 g/mol. The lowest BCUT2D eigenvalue weighted by Crippen LogP contribution is -2.19. The van der Waals surface area contributed by atoms with E-state index in [9.17, 15) is 32.3 Å². The summed E-state index contributed by atoms with van der Waals surface area (Å²) in [6.07, 6.45) is -2.70. The number of amides is 2. The van der Waals surface area contributed by atoms with Crippen molar-refractivity contribution in [2.75, 3.05) is 21.7 Å². The number of halogens is 3. The molecule has 1 aliphatic rings. The molecule has 4 aromatic rings. The fourth-order valence-corrected chi connectivity index (χ4v) is 5.94. The van der Waals surface area contributed by atoms with Crippen LogP contribution in [0.2, 0.25) is 0 Å². The van der Waals surface area contributed by atoms with Crippen molar-refractivity contribution in [3.63, 3.8) is 0 Å². The number of hydrogen-bond acceptors (Lipinski definition) is 6. The predicted octanol–water partition coefficient (Wildman–Crippen LogP) is 7.18. The zero-order chi connectivity index (χ0) is 27.1. The summed E-state index contributed by atoms with van der Waals surface area (Å²) in [5.74, 6) is 0.193. The van der Waals surface area contributed by atoms with E-state index < -0.39 is 28.4 Å². The first-order valence-electron chi connectivity index (χ1n) is 11.3. The summed E-state index contributed by atoms with van der Waals surface area (Å²) in [6.45, 7) is 0. The van der Waals surface area contributed by atoms with Gasteiger partial charge in [0.25, 0.3) is 0 Å². The standard InChI is InChI=1S/C26H20F3N5O3S/c27-26(28,29)16-3-1-4-17(11-16)33-25(35)34-19-6-2-5-18(12-19)32-24-15(13-30)14-31-21-7-8-22-20(23(21)24)9-10-38(22,36)37/h1-8,11-12,14,36-37H,9-10H2,(H,31,32)(H2,33,34,35). The third-order valence-corrected chi connectivity index (χ3v) is 7.91. The Morgan fingerprint density at radius 1 is 1.00 bits per heavy atom. The van der Waals surface area contributed by atoms with Gasteiger partial charge >= 0.3 is 12.2 Å². The van der Waals surface area contributed by atoms with Gasteiger partial charge < -0.3 is 16.0 Å². The second-order valence-corrected chi connectivity index (χ2v) is 10.8. The molecule has 3 aromatic carbocycles. The van der Waals surface area contributed by atoms with Gasteiger partial charge in [-0.25, -0.2) is 4.79 Å². The lowest BCUT2D eigenvalue weighted by molar-refractivity contribution is -0.137. The normalized spacial score (nSPS) is 14.8. The predicted molar refractivity (Wildman–Crippen MR) is 140 cm³/mol. The van der Waals surface area contributed by atoms with Gasteiger partial charge in [0.2, 0.25) is 0 Å². The molecule has 5 rings (SSSR count). The molecule has 0 aliphatic carbocycles. The topological polar surface area (TPSA) is 130 Å². The minimum Gasteiger partial charge on any atom is -0.354 e. The van der Waals surface area contributed by atoms with Crippen LogP contribution in [0.5, 0.6) is 0 Å². The van der Waals surface area contributed by atoms with Crippen LogP contribution in [0.25, 0.3) is 10.9 Å². The highest BCUT2D eigenvalue weighted by Gasteiger charge is 2.31. The number of alkyl halides is 3. The zero-order valence-corrected chi connectivity index (χ0v) is 20.3. The van der Waals surface area contributed by atoms with E-state index in [-0.39, 0.29) is 17.0 Å². The number of aromatic nitrogens is 1. The van der Waals surface area contributed by atoms with Crippen LogP contribution in [0.3, 0.4) is 0 Å². The molecule has 5 N–H and O–H groups in total. The van der Waals surface area contributed by atoms with Crippen LogP contribution in [0.1, 0.15) is 16.7 Å². The molecule has 0 bridgehead atoms. The Hall–Kier alpha value is -4.31. The minimum absolute atomic E-state index is 0.0200. The second kappa shape index (κ2) is 9.53. The number of pyridine rings is 1. The van der Waals surface area contributed by atoms with Gasteiger partial charge in [-0.15, -0.1) is 0 Å². The highest BCUT2D eigenvalue weighted by molar-refractivity contribution is 8.24. The highest BCUT2D eigenvalue weighted by atomic mass is 32.3. The Morgan fingerprint density at radius 2 is 1.68 bits per heavy atom. The van der Waals surface area contributed by atoms with Crippen molar-refractivity contribution >= 4 is 50.3 Å². The van der Waals surface area contributed by atoms with Crippen LogP contribution in [-0.4, -0.2) is 25.9 Å². The summed E-state index contributed by atoms with van der Waals surface area (Å²) in [5, 5.41) is 18.5. The first-order chi connectivity index (χ1) is 18.0. The second-order valence-electron chi connectivity index (χ2n) is 8.58. The van der Waals surface area contributed by atoms with Crippen LogP contribution in [-0.2, 0) is 12.6 Å². The number of benzene rings is 3. The van der Waals surface area contributed by atoms with E-state index in [4.69, 9.17) is 0 Å². The molecule has 0 atom stereocenters. The number of urea groups is 1. The molecule has 1 aromatic heterocycles. The molecular formula is C26H20F3N5O3S. The summed E-state index contributed by atoms with van der Waals surface area (Å²) in [4.78, 5) is 17.2. The van der Waals surface area contributed by atoms with Gasteiger partial charge in [-0.2, -0.15) is 29.0 Å². The lowest BCUT2D eigenvalue weighted by Gasteiger charge is -2.27. The van der Waals surface area contributed by atoms with Crippen molar-refractivity contribution in [1.82, 2.24) is 4.98 Å². The van der Waals surface area contributed by atoms with Crippen molar-refractivity contribution in [2.45, 2.75) is 17.5 Å². The summed E-state index contributed by atoms with van der Waals surface area (Å²) in [6, 6.07) is 15.5. The van der Waals surface area contributed by atoms with Crippen molar-refractivity contribution in [1.29, 1.82) is 5.26 Å². The Bertz CT molecular complexity index is 1620. The highest BCUT2D eigenvalue weighted by Crippen LogP contribution is 2.57. The number of nitriles is 1. The fraction of sp³-hybridized carbons (Fsp3) is 0.115. The molecule has 0 unspecified atom stereocenters. The number of nitrogens with zero attached hydrogens (tertiary/aromatic N) is 2. The lowest BCUT2D eigenvalue weighted by atomic mass is 10.0. The fourth-order valence-electron chi connectivity index (χ4n) is 4.35. The van der Waals surface area contributed by atoms with Gasteiger partial charge in [0.15, 0.2) is 0 Å². The summed E-state index contributed by atoms with van der Waals surface area (Å²) < 4.78 is 59.7. The first-order valence-corrected chi connectivity index (χ1v) is 13.0. The maximum Gasteiger partial charge on any atom is 0.416 e. The van der Waals surface area contributed by atoms with Gasteiger partial charge in [-0.05, 0) is 60.5 Å². The quantitative estimate of drug-likeness (QED) is 0.187. The van der Waals surface area contributed by atoms with Crippen molar-refractivity contribution in [2.24, 2.45) is 0 Å². The van der Waals surface area contributed by atoms with Gasteiger partial charge in [-0.3, -0.25) is 14.1 Å². The Kier molecular flexibility index (Phi) is 6.36. The molecule has 0 fully saturated rings. The molecule has 0 spiro atoms. The van der Waals surface area contributed by atoms with E-state index in [1.54, 1.807) is 36.4 Å². The monoisotopic (exact) mass is 539 g/mol. The maximum absolute atomic E-state index is 13.0. The number of anilines is 4. The molecule has 0 radical (unpaired) electrons. The Morgan fingerprint density at radius 3 is 2.39 bits per heavy atom. The smallest absolute Gasteiger partial charge is 0.354 e. The number of carbonyl (C=O) groups excluding carboxylic acids is 1. The molecule has 12 heteroatoms. The Balaban J connectivity index is 1.42. The van der Waals surface area contributed by atoms with Crippen molar-refractivity contribution in [3.8, 4) is 6.07 Å². The summed E-state index contributed by atoms with van der Waals surface area (Å²) in [5.41, 5.74) is 1.93. The molecule has 0 saturated heterocycles.